The fraction of sp³-hybridized carbons (Fsp3) is 0.405. The van der Waals surface area contributed by atoms with Crippen molar-refractivity contribution in [3.8, 4) is 34.0 Å². The quantitative estimate of drug-likeness (QED) is 0.0745. The first-order valence-corrected chi connectivity index (χ1v) is 32.1. The van der Waals surface area contributed by atoms with Gasteiger partial charge in [0.1, 0.15) is 22.7 Å². The van der Waals surface area contributed by atoms with Gasteiger partial charge in [-0.3, -0.25) is 19.4 Å². The molecule has 2 saturated carbocycles. The summed E-state index contributed by atoms with van der Waals surface area (Å²) in [6, 6.07) is 56.4. The molecule has 472 valence electrons. The molecule has 90 heavy (non-hydrogen) atoms. The molecule has 0 bridgehead atoms. The Morgan fingerprint density at radius 3 is 1.22 bits per heavy atom. The number of piperazine rings is 2. The number of aliphatic hydroxyl groups is 2. The van der Waals surface area contributed by atoms with Crippen LogP contribution in [-0.4, -0.2) is 165 Å². The lowest BCUT2D eigenvalue weighted by Crippen LogP contribution is -2.55. The lowest BCUT2D eigenvalue weighted by molar-refractivity contribution is -0.0894. The molecular weight excluding hydrogens is 1130 g/mol. The summed E-state index contributed by atoms with van der Waals surface area (Å²) in [5.74, 6) is 1.49. The SMILES string of the molecule is COC[C@]1(O)CCCC[C@H]1n1cnc(C(=O)N2CCN(Cc3ccccc3)C[C@@H]2Cc2ccccc2OC)c1-c1ccccc1.COC[C@]1(O)CCCC[C@H]1n1cnc(C(=O)N2CCN(Cc3ccccc3)C[C@H]2Cc2ccccc2OC)c1-c1ccccc1. The van der Waals surface area contributed by atoms with Crippen molar-refractivity contribution >= 4 is 11.8 Å². The van der Waals surface area contributed by atoms with E-state index in [9.17, 15) is 19.8 Å². The maximum absolute atomic E-state index is 14.7. The van der Waals surface area contributed by atoms with Crippen molar-refractivity contribution in [2.75, 3.05) is 80.9 Å². The van der Waals surface area contributed by atoms with Crippen LogP contribution < -0.4 is 9.47 Å². The minimum atomic E-state index is -1.03. The predicted octanol–water partition coefficient (Wildman–Crippen LogP) is 11.2. The van der Waals surface area contributed by atoms with E-state index >= 15 is 0 Å². The summed E-state index contributed by atoms with van der Waals surface area (Å²) in [6.07, 6.45) is 11.6. The molecule has 8 aromatic rings. The largest absolute Gasteiger partial charge is 0.496 e. The number of hydrogen-bond acceptors (Lipinski definition) is 12. The van der Waals surface area contributed by atoms with Crippen molar-refractivity contribution in [3.05, 3.63) is 216 Å². The van der Waals surface area contributed by atoms with E-state index in [0.29, 0.717) is 50.2 Å². The summed E-state index contributed by atoms with van der Waals surface area (Å²) >= 11 is 0. The number of carbonyl (C=O) groups excluding carboxylic acids is 2. The number of methoxy groups -OCH3 is 4. The van der Waals surface area contributed by atoms with Crippen LogP contribution in [0.2, 0.25) is 0 Å². The van der Waals surface area contributed by atoms with E-state index < -0.39 is 11.2 Å². The predicted molar refractivity (Wildman–Crippen MR) is 350 cm³/mol. The number of benzene rings is 6. The van der Waals surface area contributed by atoms with E-state index in [-0.39, 0.29) is 49.2 Å². The zero-order valence-corrected chi connectivity index (χ0v) is 52.7. The van der Waals surface area contributed by atoms with Crippen LogP contribution in [-0.2, 0) is 35.4 Å². The zero-order valence-electron chi connectivity index (χ0n) is 52.7. The van der Waals surface area contributed by atoms with Gasteiger partial charge in [0.05, 0.1) is 63.6 Å². The van der Waals surface area contributed by atoms with E-state index in [1.165, 1.54) is 11.1 Å². The number of nitrogens with zero attached hydrogens (tertiary/aromatic N) is 8. The van der Waals surface area contributed by atoms with Gasteiger partial charge in [0, 0.05) is 89.8 Å². The first kappa shape index (κ1) is 63.6. The molecule has 2 aromatic heterocycles. The van der Waals surface area contributed by atoms with Gasteiger partial charge in [-0.15, -0.1) is 0 Å². The standard InChI is InChI=1S/2C37H44N4O4/c2*1-44-26-37(43)20-12-11-19-33(37)41-27-38-34(35(41)29-15-7-4-8-16-29)36(42)40-22-21-39(24-28-13-5-3-6-14-28)25-31(40)23-30-17-9-10-18-32(30)45-2/h2*3-10,13-18,27,31,33,43H,11-12,19-26H2,1-2H3/t31-,33+,37+;31-,33-,37-/m01/s1. The minimum Gasteiger partial charge on any atom is -0.496 e. The van der Waals surface area contributed by atoms with Crippen LogP contribution in [0.5, 0.6) is 11.5 Å². The molecule has 4 fully saturated rings. The molecule has 2 N–H and O–H groups in total. The lowest BCUT2D eigenvalue weighted by Gasteiger charge is -2.42. The smallest absolute Gasteiger partial charge is 0.275 e. The molecule has 12 rings (SSSR count). The minimum absolute atomic E-state index is 0.0832. The van der Waals surface area contributed by atoms with Crippen molar-refractivity contribution in [3.63, 3.8) is 0 Å². The van der Waals surface area contributed by atoms with Crippen molar-refractivity contribution in [1.82, 2.24) is 38.7 Å². The summed E-state index contributed by atoms with van der Waals surface area (Å²) in [6.45, 7) is 6.29. The molecule has 2 amide bonds. The Labute approximate surface area is 530 Å². The number of aromatic nitrogens is 4. The molecule has 16 nitrogen and oxygen atoms in total. The fourth-order valence-electron chi connectivity index (χ4n) is 14.5. The topological polar surface area (TPSA) is 160 Å². The van der Waals surface area contributed by atoms with Crippen LogP contribution in [0.15, 0.2) is 183 Å². The molecule has 2 aliphatic heterocycles. The van der Waals surface area contributed by atoms with Crippen LogP contribution in [0.25, 0.3) is 22.5 Å². The molecule has 4 heterocycles. The molecule has 2 aliphatic carbocycles. The van der Waals surface area contributed by atoms with Crippen molar-refractivity contribution in [2.45, 2.75) is 113 Å². The van der Waals surface area contributed by atoms with E-state index in [2.05, 4.69) is 70.5 Å². The molecule has 6 atom stereocenters. The second kappa shape index (κ2) is 29.8. The second-order valence-corrected chi connectivity index (χ2v) is 24.8. The highest BCUT2D eigenvalue weighted by Gasteiger charge is 2.45. The number of carbonyl (C=O) groups is 2. The van der Waals surface area contributed by atoms with Crippen LogP contribution in [0.4, 0.5) is 0 Å². The molecule has 0 spiro atoms. The molecule has 4 aliphatic rings. The molecule has 6 aromatic carbocycles. The Morgan fingerprint density at radius 2 is 0.844 bits per heavy atom. The van der Waals surface area contributed by atoms with E-state index in [4.69, 9.17) is 28.9 Å². The van der Waals surface area contributed by atoms with E-state index in [0.717, 1.165) is 123 Å². The third-order valence-corrected chi connectivity index (χ3v) is 18.9. The van der Waals surface area contributed by atoms with Crippen LogP contribution in [0.1, 0.15) is 107 Å². The Balaban J connectivity index is 0.000000185. The van der Waals surface area contributed by atoms with E-state index in [1.807, 2.05) is 128 Å². The summed E-state index contributed by atoms with van der Waals surface area (Å²) in [4.78, 5) is 47.9. The average molecular weight is 1220 g/mol. The summed E-state index contributed by atoms with van der Waals surface area (Å²) in [5.41, 5.74) is 6.77. The van der Waals surface area contributed by atoms with Crippen LogP contribution >= 0.6 is 0 Å². The van der Waals surface area contributed by atoms with Gasteiger partial charge < -0.3 is 48.1 Å². The van der Waals surface area contributed by atoms with Gasteiger partial charge in [0.2, 0.25) is 0 Å². The highest BCUT2D eigenvalue weighted by atomic mass is 16.5. The first-order valence-electron chi connectivity index (χ1n) is 32.1. The van der Waals surface area contributed by atoms with E-state index in [1.54, 1.807) is 41.1 Å². The van der Waals surface area contributed by atoms with Gasteiger partial charge in [-0.05, 0) is 72.9 Å². The Morgan fingerprint density at radius 1 is 0.478 bits per heavy atom. The maximum atomic E-state index is 14.7. The van der Waals surface area contributed by atoms with Gasteiger partial charge >= 0.3 is 0 Å². The monoisotopic (exact) mass is 1220 g/mol. The van der Waals surface area contributed by atoms with Crippen molar-refractivity contribution in [1.29, 1.82) is 0 Å². The molecule has 16 heteroatoms. The highest BCUT2D eigenvalue weighted by molar-refractivity contribution is 5.99. The number of hydrogen-bond donors (Lipinski definition) is 2. The number of para-hydroxylation sites is 2. The van der Waals surface area contributed by atoms with Gasteiger partial charge in [-0.2, -0.15) is 0 Å². The highest BCUT2D eigenvalue weighted by Crippen LogP contribution is 2.43. The Bertz CT molecular complexity index is 3350. The summed E-state index contributed by atoms with van der Waals surface area (Å²) < 4.78 is 26.5. The number of rotatable bonds is 20. The fourth-order valence-corrected chi connectivity index (χ4v) is 14.5. The van der Waals surface area contributed by atoms with Gasteiger partial charge in [0.15, 0.2) is 11.4 Å². The maximum Gasteiger partial charge on any atom is 0.275 e. The molecular formula is C74H88N8O8. The summed E-state index contributed by atoms with van der Waals surface area (Å²) in [7, 11) is 6.64. The van der Waals surface area contributed by atoms with Crippen molar-refractivity contribution < 1.29 is 38.7 Å². The zero-order chi connectivity index (χ0) is 62.5. The van der Waals surface area contributed by atoms with Crippen LogP contribution in [0, 0.1) is 0 Å². The Hall–Kier alpha value is -7.96. The van der Waals surface area contributed by atoms with Crippen LogP contribution in [0.3, 0.4) is 0 Å². The number of imidazole rings is 2. The number of ether oxygens (including phenoxy) is 4. The first-order chi connectivity index (χ1) is 44.0. The second-order valence-electron chi connectivity index (χ2n) is 24.8. The van der Waals surface area contributed by atoms with Gasteiger partial charge in [-0.1, -0.05) is 183 Å². The lowest BCUT2D eigenvalue weighted by atomic mass is 9.80. The molecule has 0 radical (unpaired) electrons. The summed E-state index contributed by atoms with van der Waals surface area (Å²) in [5, 5.41) is 23.5. The normalized spacial score (nSPS) is 22.3. The van der Waals surface area contributed by atoms with Gasteiger partial charge in [-0.25, -0.2) is 9.97 Å². The van der Waals surface area contributed by atoms with Crippen molar-refractivity contribution in [2.24, 2.45) is 0 Å². The number of amides is 2. The third kappa shape index (κ3) is 14.4. The third-order valence-electron chi connectivity index (χ3n) is 18.9. The Kier molecular flexibility index (Phi) is 21.0. The van der Waals surface area contributed by atoms with Gasteiger partial charge in [0.25, 0.3) is 11.8 Å². The molecule has 2 saturated heterocycles. The molecule has 0 unspecified atom stereocenters. The average Bonchev–Trinajstić information content (AvgIpc) is 1.59.